The summed E-state index contributed by atoms with van der Waals surface area (Å²) in [5.74, 6) is -1.03. The molecule has 1 atom stereocenters. The van der Waals surface area contributed by atoms with Crippen molar-refractivity contribution in [2.75, 3.05) is 0 Å². The average molecular weight is 218 g/mol. The van der Waals surface area contributed by atoms with Gasteiger partial charge in [0.05, 0.1) is 23.9 Å². The van der Waals surface area contributed by atoms with E-state index in [1.807, 2.05) is 6.92 Å². The Morgan fingerprint density at radius 1 is 1.64 bits per heavy atom. The van der Waals surface area contributed by atoms with E-state index in [0.29, 0.717) is 13.0 Å². The van der Waals surface area contributed by atoms with Gasteiger partial charge in [-0.15, -0.1) is 17.5 Å². The van der Waals surface area contributed by atoms with Crippen molar-refractivity contribution in [3.8, 4) is 0 Å². The Hall–Kier alpha value is -1.10. The van der Waals surface area contributed by atoms with Crippen LogP contribution in [0.4, 0.5) is 0 Å². The minimum Gasteiger partial charge on any atom is -0.481 e. The summed E-state index contributed by atoms with van der Waals surface area (Å²) in [6.45, 7) is 2.37. The smallest absolute Gasteiger partial charge is 0.308 e. The molecule has 1 aromatic rings. The van der Waals surface area contributed by atoms with Gasteiger partial charge >= 0.3 is 5.97 Å². The Balaban J connectivity index is 0.000000980. The molecule has 0 saturated heterocycles. The first-order valence-corrected chi connectivity index (χ1v) is 4.30. The van der Waals surface area contributed by atoms with Gasteiger partial charge in [0.2, 0.25) is 0 Å². The van der Waals surface area contributed by atoms with Crippen LogP contribution in [0, 0.1) is 12.8 Å². The molecule has 0 amide bonds. The second kappa shape index (κ2) is 3.96. The fourth-order valence-corrected chi connectivity index (χ4v) is 1.69. The zero-order valence-electron chi connectivity index (χ0n) is 7.80. The van der Waals surface area contributed by atoms with Gasteiger partial charge in [-0.05, 0) is 19.8 Å². The molecule has 0 aromatic carbocycles. The fraction of sp³-hybridized carbons (Fsp3) is 0.625. The molecule has 2 rings (SSSR count). The van der Waals surface area contributed by atoms with Crippen LogP contribution in [0.1, 0.15) is 17.8 Å². The number of carboxylic acids is 1. The maximum Gasteiger partial charge on any atom is 0.308 e. The van der Waals surface area contributed by atoms with Gasteiger partial charge in [-0.3, -0.25) is 4.79 Å². The van der Waals surface area contributed by atoms with Gasteiger partial charge in [-0.1, -0.05) is 5.21 Å². The lowest BCUT2D eigenvalue weighted by atomic mass is 9.98. The first-order chi connectivity index (χ1) is 6.18. The highest BCUT2D eigenvalue weighted by molar-refractivity contribution is 5.85. The highest BCUT2D eigenvalue weighted by atomic mass is 35.5. The number of hydrogen-bond donors (Lipinski definition) is 1. The fourth-order valence-electron chi connectivity index (χ4n) is 1.69. The van der Waals surface area contributed by atoms with Crippen molar-refractivity contribution in [2.45, 2.75) is 26.3 Å². The van der Waals surface area contributed by atoms with Gasteiger partial charge in [0.1, 0.15) is 0 Å². The molecule has 6 heteroatoms. The average Bonchev–Trinajstić information content (AvgIpc) is 2.47. The number of fused-ring (bicyclic) bond motifs is 1. The van der Waals surface area contributed by atoms with Gasteiger partial charge in [0.15, 0.2) is 0 Å². The predicted octanol–water partition coefficient (Wildman–Crippen LogP) is 0.655. The van der Waals surface area contributed by atoms with Crippen LogP contribution in [0.25, 0.3) is 0 Å². The van der Waals surface area contributed by atoms with Crippen LogP contribution in [0.15, 0.2) is 0 Å². The number of aromatic nitrogens is 3. The zero-order chi connectivity index (χ0) is 9.42. The Morgan fingerprint density at radius 3 is 3.00 bits per heavy atom. The zero-order valence-corrected chi connectivity index (χ0v) is 8.62. The molecule has 0 saturated carbocycles. The normalized spacial score (nSPS) is 19.6. The number of carbonyl (C=O) groups is 1. The first-order valence-electron chi connectivity index (χ1n) is 4.30. The summed E-state index contributed by atoms with van der Waals surface area (Å²) in [5.41, 5.74) is 2.00. The molecule has 1 aliphatic heterocycles. The number of nitrogens with zero attached hydrogens (tertiary/aromatic N) is 3. The van der Waals surface area contributed by atoms with Gasteiger partial charge in [0, 0.05) is 0 Å². The summed E-state index contributed by atoms with van der Waals surface area (Å²) in [6, 6.07) is 0. The van der Waals surface area contributed by atoms with E-state index in [-0.39, 0.29) is 18.3 Å². The van der Waals surface area contributed by atoms with E-state index in [1.54, 1.807) is 4.68 Å². The lowest BCUT2D eigenvalue weighted by Crippen LogP contribution is -2.27. The number of aryl methyl sites for hydroxylation is 1. The second-order valence-corrected chi connectivity index (χ2v) is 3.38. The van der Waals surface area contributed by atoms with Crippen molar-refractivity contribution in [3.05, 3.63) is 11.4 Å². The molecule has 0 radical (unpaired) electrons. The molecule has 1 N–H and O–H groups in total. The molecule has 0 spiro atoms. The van der Waals surface area contributed by atoms with Crippen molar-refractivity contribution < 1.29 is 9.90 Å². The van der Waals surface area contributed by atoms with Gasteiger partial charge < -0.3 is 5.11 Å². The summed E-state index contributed by atoms with van der Waals surface area (Å²) in [4.78, 5) is 10.7. The Morgan fingerprint density at radius 2 is 2.36 bits per heavy atom. The number of halogens is 1. The number of hydrogen-bond acceptors (Lipinski definition) is 3. The molecule has 0 aliphatic carbocycles. The van der Waals surface area contributed by atoms with Crippen molar-refractivity contribution in [1.82, 2.24) is 15.0 Å². The van der Waals surface area contributed by atoms with Crippen LogP contribution in [-0.4, -0.2) is 26.1 Å². The van der Waals surface area contributed by atoms with E-state index in [2.05, 4.69) is 10.3 Å². The molecule has 1 unspecified atom stereocenters. The monoisotopic (exact) mass is 217 g/mol. The summed E-state index contributed by atoms with van der Waals surface area (Å²) >= 11 is 0. The van der Waals surface area contributed by atoms with Crippen LogP contribution < -0.4 is 0 Å². The molecule has 1 aliphatic rings. The summed E-state index contributed by atoms with van der Waals surface area (Å²) < 4.78 is 1.71. The predicted molar refractivity (Wildman–Crippen MR) is 51.5 cm³/mol. The minimum absolute atomic E-state index is 0. The van der Waals surface area contributed by atoms with Crippen molar-refractivity contribution in [3.63, 3.8) is 0 Å². The molecule has 5 nitrogen and oxygen atoms in total. The maximum atomic E-state index is 10.7. The van der Waals surface area contributed by atoms with Crippen LogP contribution in [-0.2, 0) is 17.8 Å². The number of carboxylic acid groups (broad SMARTS) is 1. The molecular formula is C8H12ClN3O2. The third-order valence-electron chi connectivity index (χ3n) is 2.50. The quantitative estimate of drug-likeness (QED) is 0.750. The standard InChI is InChI=1S/C8H11N3O2.ClH/c1-5-7-3-2-6(8(12)13)4-11(7)10-9-5;/h6H,2-4H2,1H3,(H,12,13);1H. The molecular weight excluding hydrogens is 206 g/mol. The van der Waals surface area contributed by atoms with E-state index in [1.165, 1.54) is 0 Å². The third-order valence-corrected chi connectivity index (χ3v) is 2.50. The molecule has 0 fully saturated rings. The van der Waals surface area contributed by atoms with Crippen LogP contribution in [0.3, 0.4) is 0 Å². The Kier molecular flexibility index (Phi) is 3.10. The van der Waals surface area contributed by atoms with Gasteiger partial charge in [-0.2, -0.15) is 0 Å². The summed E-state index contributed by atoms with van der Waals surface area (Å²) in [5, 5.41) is 16.6. The Labute approximate surface area is 87.5 Å². The molecule has 78 valence electrons. The first kappa shape index (κ1) is 11.0. The van der Waals surface area contributed by atoms with Gasteiger partial charge in [-0.25, -0.2) is 4.68 Å². The van der Waals surface area contributed by atoms with Gasteiger partial charge in [0.25, 0.3) is 0 Å². The third kappa shape index (κ3) is 1.72. The molecule has 0 bridgehead atoms. The lowest BCUT2D eigenvalue weighted by Gasteiger charge is -2.19. The molecule has 2 heterocycles. The van der Waals surface area contributed by atoms with E-state index in [4.69, 9.17) is 5.11 Å². The Bertz CT molecular complexity index is 350. The topological polar surface area (TPSA) is 68.0 Å². The largest absolute Gasteiger partial charge is 0.481 e. The number of aliphatic carboxylic acids is 1. The van der Waals surface area contributed by atoms with Crippen molar-refractivity contribution >= 4 is 18.4 Å². The highest BCUT2D eigenvalue weighted by Crippen LogP contribution is 2.20. The van der Waals surface area contributed by atoms with Crippen LogP contribution in [0.5, 0.6) is 0 Å². The van der Waals surface area contributed by atoms with Crippen LogP contribution in [0.2, 0.25) is 0 Å². The summed E-state index contributed by atoms with van der Waals surface area (Å²) in [7, 11) is 0. The SMILES string of the molecule is Cc1nnn2c1CCC(C(=O)O)C2.Cl. The second-order valence-electron chi connectivity index (χ2n) is 3.38. The van der Waals surface area contributed by atoms with Crippen molar-refractivity contribution in [1.29, 1.82) is 0 Å². The summed E-state index contributed by atoms with van der Waals surface area (Å²) in [6.07, 6.45) is 1.47. The van der Waals surface area contributed by atoms with Crippen molar-refractivity contribution in [2.24, 2.45) is 5.92 Å². The van der Waals surface area contributed by atoms with E-state index < -0.39 is 5.97 Å². The maximum absolute atomic E-state index is 10.7. The van der Waals surface area contributed by atoms with E-state index >= 15 is 0 Å². The van der Waals surface area contributed by atoms with E-state index in [0.717, 1.165) is 17.8 Å². The minimum atomic E-state index is -0.737. The lowest BCUT2D eigenvalue weighted by molar-refractivity contribution is -0.142. The number of rotatable bonds is 1. The highest BCUT2D eigenvalue weighted by Gasteiger charge is 2.26. The molecule has 14 heavy (non-hydrogen) atoms. The van der Waals surface area contributed by atoms with E-state index in [9.17, 15) is 4.79 Å². The molecule has 1 aromatic heterocycles. The van der Waals surface area contributed by atoms with Crippen LogP contribution >= 0.6 is 12.4 Å².